The van der Waals surface area contributed by atoms with E-state index in [4.69, 9.17) is 5.11 Å². The molecule has 9 heteroatoms. The summed E-state index contributed by atoms with van der Waals surface area (Å²) in [5.74, 6) is -1.78. The van der Waals surface area contributed by atoms with Crippen molar-refractivity contribution < 1.29 is 23.2 Å². The Labute approximate surface area is 115 Å². The van der Waals surface area contributed by atoms with Crippen LogP contribution in [0.4, 0.5) is 5.69 Å². The smallest absolute Gasteiger partial charge is 0.322 e. The first-order valence-electron chi connectivity index (χ1n) is 5.64. The normalized spacial score (nSPS) is 13.2. The number of hydrogen-bond acceptors (Lipinski definition) is 5. The summed E-state index contributed by atoms with van der Waals surface area (Å²) in [6.45, 7) is 3.10. The van der Waals surface area contributed by atoms with Gasteiger partial charge in [-0.1, -0.05) is 19.9 Å². The molecule has 0 amide bonds. The number of hydrogen-bond donors (Lipinski definition) is 2. The molecule has 20 heavy (non-hydrogen) atoms. The van der Waals surface area contributed by atoms with Crippen LogP contribution in [0.2, 0.25) is 0 Å². The van der Waals surface area contributed by atoms with Gasteiger partial charge in [-0.15, -0.1) is 0 Å². The van der Waals surface area contributed by atoms with Gasteiger partial charge in [0.05, 0.1) is 9.82 Å². The van der Waals surface area contributed by atoms with Gasteiger partial charge >= 0.3 is 5.97 Å². The second-order valence-corrected chi connectivity index (χ2v) is 6.15. The molecule has 0 spiro atoms. The van der Waals surface area contributed by atoms with Crippen molar-refractivity contribution in [3.63, 3.8) is 0 Å². The number of benzene rings is 1. The van der Waals surface area contributed by atoms with E-state index >= 15 is 0 Å². The van der Waals surface area contributed by atoms with E-state index in [0.717, 1.165) is 18.2 Å². The minimum atomic E-state index is -4.14. The van der Waals surface area contributed by atoms with Crippen molar-refractivity contribution in [2.45, 2.75) is 24.8 Å². The molecule has 0 bridgehead atoms. The predicted molar refractivity (Wildman–Crippen MR) is 69.7 cm³/mol. The van der Waals surface area contributed by atoms with E-state index in [1.54, 1.807) is 13.8 Å². The van der Waals surface area contributed by atoms with Crippen LogP contribution in [0.5, 0.6) is 0 Å². The Morgan fingerprint density at radius 3 is 2.45 bits per heavy atom. The van der Waals surface area contributed by atoms with Crippen LogP contribution in [-0.2, 0) is 14.8 Å². The Balaban J connectivity index is 3.14. The van der Waals surface area contributed by atoms with Crippen molar-refractivity contribution in [1.29, 1.82) is 0 Å². The monoisotopic (exact) mass is 302 g/mol. The first kappa shape index (κ1) is 16.1. The molecule has 1 atom stereocenters. The highest BCUT2D eigenvalue weighted by Crippen LogP contribution is 2.18. The van der Waals surface area contributed by atoms with Crippen molar-refractivity contribution >= 4 is 21.7 Å². The SMILES string of the molecule is CC(C)C(NS(=O)(=O)c1cccc([N+](=O)[O-])c1)C(=O)O. The number of carbonyl (C=O) groups is 1. The van der Waals surface area contributed by atoms with Crippen molar-refractivity contribution in [1.82, 2.24) is 4.72 Å². The van der Waals surface area contributed by atoms with Crippen LogP contribution in [0.3, 0.4) is 0 Å². The fourth-order valence-corrected chi connectivity index (χ4v) is 2.85. The molecule has 0 saturated carbocycles. The van der Waals surface area contributed by atoms with Crippen LogP contribution in [0.1, 0.15) is 13.8 Å². The molecule has 2 N–H and O–H groups in total. The Hall–Kier alpha value is -2.00. The molecule has 1 unspecified atom stereocenters. The first-order valence-corrected chi connectivity index (χ1v) is 7.13. The molecule has 0 saturated heterocycles. The van der Waals surface area contributed by atoms with Gasteiger partial charge in [0.1, 0.15) is 6.04 Å². The van der Waals surface area contributed by atoms with E-state index in [-0.39, 0.29) is 10.6 Å². The molecule has 0 aromatic heterocycles. The highest BCUT2D eigenvalue weighted by molar-refractivity contribution is 7.89. The molecule has 0 aliphatic heterocycles. The van der Waals surface area contributed by atoms with Gasteiger partial charge < -0.3 is 5.11 Å². The van der Waals surface area contributed by atoms with Gasteiger partial charge in [0.2, 0.25) is 10.0 Å². The lowest BCUT2D eigenvalue weighted by Gasteiger charge is -2.17. The number of rotatable bonds is 6. The lowest BCUT2D eigenvalue weighted by molar-refractivity contribution is -0.385. The predicted octanol–water partition coefficient (Wildman–Crippen LogP) is 0.982. The van der Waals surface area contributed by atoms with Gasteiger partial charge in [-0.05, 0) is 12.0 Å². The lowest BCUT2D eigenvalue weighted by atomic mass is 10.1. The maximum Gasteiger partial charge on any atom is 0.322 e. The molecular weight excluding hydrogens is 288 g/mol. The van der Waals surface area contributed by atoms with E-state index in [9.17, 15) is 23.3 Å². The van der Waals surface area contributed by atoms with Gasteiger partial charge in [-0.25, -0.2) is 8.42 Å². The molecule has 8 nitrogen and oxygen atoms in total. The van der Waals surface area contributed by atoms with Gasteiger partial charge in [0.15, 0.2) is 0 Å². The lowest BCUT2D eigenvalue weighted by Crippen LogP contribution is -2.44. The summed E-state index contributed by atoms with van der Waals surface area (Å²) in [7, 11) is -4.14. The van der Waals surface area contributed by atoms with Gasteiger partial charge in [0, 0.05) is 12.1 Å². The summed E-state index contributed by atoms with van der Waals surface area (Å²) in [6, 6.07) is 3.10. The van der Waals surface area contributed by atoms with E-state index < -0.39 is 32.9 Å². The number of sulfonamides is 1. The molecule has 0 fully saturated rings. The quantitative estimate of drug-likeness (QED) is 0.595. The zero-order valence-corrected chi connectivity index (χ0v) is 11.6. The summed E-state index contributed by atoms with van der Waals surface area (Å²) >= 11 is 0. The number of non-ortho nitro benzene ring substituents is 1. The van der Waals surface area contributed by atoms with E-state index in [2.05, 4.69) is 0 Å². The molecule has 1 rings (SSSR count). The summed E-state index contributed by atoms with van der Waals surface area (Å²) in [5, 5.41) is 19.6. The summed E-state index contributed by atoms with van der Waals surface area (Å²) in [4.78, 5) is 20.5. The minimum absolute atomic E-state index is 0.349. The Morgan fingerprint density at radius 1 is 1.40 bits per heavy atom. The fourth-order valence-electron chi connectivity index (χ4n) is 1.47. The van der Waals surface area contributed by atoms with E-state index in [1.807, 2.05) is 4.72 Å². The zero-order valence-electron chi connectivity index (χ0n) is 10.8. The highest BCUT2D eigenvalue weighted by Gasteiger charge is 2.28. The number of nitrogens with zero attached hydrogens (tertiary/aromatic N) is 1. The number of nitro benzene ring substituents is 1. The molecule has 0 aliphatic carbocycles. The molecule has 1 aromatic carbocycles. The topological polar surface area (TPSA) is 127 Å². The minimum Gasteiger partial charge on any atom is -0.480 e. The van der Waals surface area contributed by atoms with Crippen molar-refractivity contribution in [2.75, 3.05) is 0 Å². The van der Waals surface area contributed by atoms with E-state index in [1.165, 1.54) is 6.07 Å². The standard InChI is InChI=1S/C11H14N2O6S/c1-7(2)10(11(14)15)12-20(18,19)9-5-3-4-8(6-9)13(16)17/h3-7,10,12H,1-2H3,(H,14,15). The second-order valence-electron chi connectivity index (χ2n) is 4.44. The van der Waals surface area contributed by atoms with Crippen molar-refractivity contribution in [3.05, 3.63) is 34.4 Å². The average Bonchev–Trinajstić information content (AvgIpc) is 2.35. The van der Waals surface area contributed by atoms with Crippen LogP contribution in [0, 0.1) is 16.0 Å². The molecule has 0 aliphatic rings. The first-order chi connectivity index (χ1) is 9.15. The summed E-state index contributed by atoms with van der Waals surface area (Å²) in [5.41, 5.74) is -0.385. The maximum atomic E-state index is 12.0. The largest absolute Gasteiger partial charge is 0.480 e. The number of aliphatic carboxylic acids is 1. The Morgan fingerprint density at radius 2 is 2.00 bits per heavy atom. The number of nitrogens with one attached hydrogen (secondary N) is 1. The fraction of sp³-hybridized carbons (Fsp3) is 0.364. The van der Waals surface area contributed by atoms with Crippen molar-refractivity contribution in [2.24, 2.45) is 5.92 Å². The van der Waals surface area contributed by atoms with Crippen molar-refractivity contribution in [3.8, 4) is 0 Å². The van der Waals surface area contributed by atoms with Crippen LogP contribution < -0.4 is 4.72 Å². The highest BCUT2D eigenvalue weighted by atomic mass is 32.2. The zero-order chi connectivity index (χ0) is 15.5. The second kappa shape index (κ2) is 5.97. The average molecular weight is 302 g/mol. The molecule has 1 aromatic rings. The molecule has 110 valence electrons. The van der Waals surface area contributed by atoms with Crippen LogP contribution in [0.25, 0.3) is 0 Å². The summed E-state index contributed by atoms with van der Waals surface area (Å²) in [6.07, 6.45) is 0. The maximum absolute atomic E-state index is 12.0. The van der Waals surface area contributed by atoms with Gasteiger partial charge in [-0.3, -0.25) is 14.9 Å². The third-order valence-electron chi connectivity index (χ3n) is 2.55. The molecule has 0 heterocycles. The Bertz CT molecular complexity index is 626. The summed E-state index contributed by atoms with van der Waals surface area (Å²) < 4.78 is 26.1. The van der Waals surface area contributed by atoms with Gasteiger partial charge in [-0.2, -0.15) is 4.72 Å². The molecular formula is C11H14N2O6S. The third-order valence-corrected chi connectivity index (χ3v) is 3.99. The number of nitro groups is 1. The van der Waals surface area contributed by atoms with Gasteiger partial charge in [0.25, 0.3) is 5.69 Å². The number of carboxylic acid groups (broad SMARTS) is 1. The van der Waals surface area contributed by atoms with E-state index in [0.29, 0.717) is 0 Å². The molecule has 0 radical (unpaired) electrons. The number of carboxylic acids is 1. The third kappa shape index (κ3) is 3.75. The van der Waals surface area contributed by atoms with Crippen LogP contribution in [-0.4, -0.2) is 30.5 Å². The van der Waals surface area contributed by atoms with Crippen LogP contribution in [0.15, 0.2) is 29.2 Å². The Kier molecular flexibility index (Phi) is 4.79. The van der Waals surface area contributed by atoms with Crippen LogP contribution >= 0.6 is 0 Å².